The molecule has 0 fully saturated rings. The van der Waals surface area contributed by atoms with Crippen LogP contribution in [0.5, 0.6) is 5.75 Å². The van der Waals surface area contributed by atoms with Crippen LogP contribution in [0.4, 0.5) is 0 Å². The van der Waals surface area contributed by atoms with Crippen LogP contribution >= 0.6 is 0 Å². The van der Waals surface area contributed by atoms with E-state index in [1.165, 1.54) is 12.8 Å². The zero-order chi connectivity index (χ0) is 20.1. The molecule has 0 saturated carbocycles. The Bertz CT molecular complexity index is 1020. The Kier molecular flexibility index (Phi) is 5.90. The van der Waals surface area contributed by atoms with E-state index < -0.39 is 0 Å². The Morgan fingerprint density at radius 3 is 2.34 bits per heavy atom. The van der Waals surface area contributed by atoms with Crippen molar-refractivity contribution < 1.29 is 9.53 Å². The third-order valence-corrected chi connectivity index (χ3v) is 5.40. The molecule has 1 aliphatic rings. The van der Waals surface area contributed by atoms with Crippen molar-refractivity contribution in [3.8, 4) is 5.75 Å². The minimum absolute atomic E-state index is 0.103. The van der Waals surface area contributed by atoms with Gasteiger partial charge < -0.3 is 4.74 Å². The lowest BCUT2D eigenvalue weighted by atomic mass is 9.94. The first-order chi connectivity index (χ1) is 14.3. The van der Waals surface area contributed by atoms with Gasteiger partial charge in [-0.15, -0.1) is 0 Å². The van der Waals surface area contributed by atoms with Gasteiger partial charge in [0.2, 0.25) is 0 Å². The highest BCUT2D eigenvalue weighted by Crippen LogP contribution is 2.40. The Balaban J connectivity index is 1.69. The topological polar surface area (TPSA) is 26.3 Å². The first kappa shape index (κ1) is 19.2. The minimum atomic E-state index is 0.103. The van der Waals surface area contributed by atoms with Crippen LogP contribution < -0.4 is 4.74 Å². The molecule has 0 atom stereocenters. The normalized spacial score (nSPS) is 12.7. The lowest BCUT2D eigenvalue weighted by Gasteiger charge is -2.10. The summed E-state index contributed by atoms with van der Waals surface area (Å²) in [5, 5.41) is 0. The molecule has 3 aromatic carbocycles. The predicted molar refractivity (Wildman–Crippen MR) is 118 cm³/mol. The predicted octanol–water partition coefficient (Wildman–Crippen LogP) is 6.50. The molecule has 0 heterocycles. The van der Waals surface area contributed by atoms with Crippen molar-refractivity contribution in [2.24, 2.45) is 0 Å². The molecule has 0 bridgehead atoms. The standard InChI is InChI=1S/C27H26O2/c1-2-3-10-17-29-23-15-16-24-22(18-23)19-25(26(24)20-11-6-4-7-12-20)27(28)21-13-8-5-9-14-21/h4-9,11-16,18H,2-3,10,17,19H2,1H3. The second-order valence-electron chi connectivity index (χ2n) is 7.47. The van der Waals surface area contributed by atoms with Gasteiger partial charge in [-0.3, -0.25) is 4.79 Å². The molecule has 1 aliphatic carbocycles. The van der Waals surface area contributed by atoms with E-state index in [4.69, 9.17) is 4.74 Å². The van der Waals surface area contributed by atoms with Gasteiger partial charge >= 0.3 is 0 Å². The molecular weight excluding hydrogens is 356 g/mol. The summed E-state index contributed by atoms with van der Waals surface area (Å²) in [4.78, 5) is 13.3. The zero-order valence-corrected chi connectivity index (χ0v) is 16.9. The van der Waals surface area contributed by atoms with E-state index in [1.807, 2.05) is 54.6 Å². The van der Waals surface area contributed by atoms with Crippen molar-refractivity contribution in [3.05, 3.63) is 107 Å². The Labute approximate surface area is 172 Å². The van der Waals surface area contributed by atoms with Crippen molar-refractivity contribution in [3.63, 3.8) is 0 Å². The maximum Gasteiger partial charge on any atom is 0.189 e. The fourth-order valence-corrected chi connectivity index (χ4v) is 3.93. The van der Waals surface area contributed by atoms with E-state index in [1.54, 1.807) is 0 Å². The molecule has 0 amide bonds. The summed E-state index contributed by atoms with van der Waals surface area (Å²) in [7, 11) is 0. The summed E-state index contributed by atoms with van der Waals surface area (Å²) in [5.41, 5.74) is 6.03. The van der Waals surface area contributed by atoms with Gasteiger partial charge in [-0.2, -0.15) is 0 Å². The van der Waals surface area contributed by atoms with Crippen molar-refractivity contribution >= 4 is 11.4 Å². The van der Waals surface area contributed by atoms with Gasteiger partial charge in [0, 0.05) is 17.6 Å². The summed E-state index contributed by atoms with van der Waals surface area (Å²) < 4.78 is 5.95. The number of Topliss-reactive ketones (excluding diaryl/α,β-unsaturated/α-hetero) is 1. The summed E-state index contributed by atoms with van der Waals surface area (Å²) in [6.07, 6.45) is 4.07. The molecule has 0 aromatic heterocycles. The molecule has 0 N–H and O–H groups in total. The van der Waals surface area contributed by atoms with Gasteiger partial charge in [0.05, 0.1) is 6.61 Å². The molecular formula is C27H26O2. The molecule has 3 aromatic rings. The molecule has 146 valence electrons. The fourth-order valence-electron chi connectivity index (χ4n) is 3.93. The van der Waals surface area contributed by atoms with Crippen molar-refractivity contribution in [2.45, 2.75) is 32.6 Å². The van der Waals surface area contributed by atoms with E-state index in [-0.39, 0.29) is 5.78 Å². The number of carbonyl (C=O) groups excluding carboxylic acids is 1. The summed E-state index contributed by atoms with van der Waals surface area (Å²) in [5.74, 6) is 0.992. The number of fused-ring (bicyclic) bond motifs is 1. The van der Waals surface area contributed by atoms with Crippen LogP contribution in [-0.4, -0.2) is 12.4 Å². The zero-order valence-electron chi connectivity index (χ0n) is 16.9. The molecule has 0 spiro atoms. The van der Waals surface area contributed by atoms with Crippen LogP contribution in [0.2, 0.25) is 0 Å². The van der Waals surface area contributed by atoms with E-state index in [9.17, 15) is 4.79 Å². The smallest absolute Gasteiger partial charge is 0.189 e. The van der Waals surface area contributed by atoms with Crippen LogP contribution in [0.3, 0.4) is 0 Å². The summed E-state index contributed by atoms with van der Waals surface area (Å²) >= 11 is 0. The second kappa shape index (κ2) is 8.91. The maximum atomic E-state index is 13.3. The van der Waals surface area contributed by atoms with Crippen LogP contribution in [0.25, 0.3) is 5.57 Å². The number of hydrogen-bond acceptors (Lipinski definition) is 2. The summed E-state index contributed by atoms with van der Waals surface area (Å²) in [6.45, 7) is 2.93. The van der Waals surface area contributed by atoms with Gasteiger partial charge in [-0.05, 0) is 40.8 Å². The monoisotopic (exact) mass is 382 g/mol. The number of unbranched alkanes of at least 4 members (excludes halogenated alkanes) is 2. The van der Waals surface area contributed by atoms with Gasteiger partial charge in [0.25, 0.3) is 0 Å². The highest BCUT2D eigenvalue weighted by molar-refractivity contribution is 6.16. The average Bonchev–Trinajstić information content (AvgIpc) is 3.16. The first-order valence-electron chi connectivity index (χ1n) is 10.4. The lowest BCUT2D eigenvalue weighted by molar-refractivity contribution is 0.103. The van der Waals surface area contributed by atoms with E-state index in [0.29, 0.717) is 6.42 Å². The maximum absolute atomic E-state index is 13.3. The largest absolute Gasteiger partial charge is 0.494 e. The number of allylic oxidation sites excluding steroid dienone is 1. The van der Waals surface area contributed by atoms with Crippen LogP contribution in [0, 0.1) is 0 Å². The number of ketones is 1. The third kappa shape index (κ3) is 4.17. The van der Waals surface area contributed by atoms with Crippen molar-refractivity contribution in [1.82, 2.24) is 0 Å². The van der Waals surface area contributed by atoms with Gasteiger partial charge in [-0.1, -0.05) is 86.5 Å². The number of hydrogen-bond donors (Lipinski definition) is 0. The third-order valence-electron chi connectivity index (χ3n) is 5.40. The molecule has 0 radical (unpaired) electrons. The highest BCUT2D eigenvalue weighted by Gasteiger charge is 2.28. The van der Waals surface area contributed by atoms with Gasteiger partial charge in [0.1, 0.15) is 5.75 Å². The van der Waals surface area contributed by atoms with Crippen LogP contribution in [-0.2, 0) is 6.42 Å². The number of benzene rings is 3. The van der Waals surface area contributed by atoms with Crippen molar-refractivity contribution in [2.75, 3.05) is 6.61 Å². The molecule has 4 rings (SSSR count). The molecule has 0 saturated heterocycles. The second-order valence-corrected chi connectivity index (χ2v) is 7.47. The molecule has 0 aliphatic heterocycles. The summed E-state index contributed by atoms with van der Waals surface area (Å²) in [6, 6.07) is 26.0. The molecule has 2 nitrogen and oxygen atoms in total. The quantitative estimate of drug-likeness (QED) is 0.328. The SMILES string of the molecule is CCCCCOc1ccc2c(c1)CC(C(=O)c1ccccc1)=C2c1ccccc1. The van der Waals surface area contributed by atoms with E-state index >= 15 is 0 Å². The molecule has 2 heteroatoms. The highest BCUT2D eigenvalue weighted by atomic mass is 16.5. The van der Waals surface area contributed by atoms with Crippen LogP contribution in [0.15, 0.2) is 84.4 Å². The lowest BCUT2D eigenvalue weighted by Crippen LogP contribution is -2.05. The number of carbonyl (C=O) groups is 1. The Hall–Kier alpha value is -3.13. The van der Waals surface area contributed by atoms with Gasteiger partial charge in [-0.25, -0.2) is 0 Å². The average molecular weight is 383 g/mol. The van der Waals surface area contributed by atoms with Gasteiger partial charge in [0.15, 0.2) is 5.78 Å². The number of rotatable bonds is 8. The minimum Gasteiger partial charge on any atom is -0.494 e. The number of ether oxygens (including phenoxy) is 1. The van der Waals surface area contributed by atoms with Crippen molar-refractivity contribution in [1.29, 1.82) is 0 Å². The van der Waals surface area contributed by atoms with E-state index in [2.05, 4.69) is 31.2 Å². The first-order valence-corrected chi connectivity index (χ1v) is 10.4. The molecule has 29 heavy (non-hydrogen) atoms. The Morgan fingerprint density at radius 1 is 0.897 bits per heavy atom. The van der Waals surface area contributed by atoms with E-state index in [0.717, 1.165) is 52.2 Å². The fraction of sp³-hybridized carbons (Fsp3) is 0.222. The molecule has 0 unspecified atom stereocenters. The van der Waals surface area contributed by atoms with Crippen LogP contribution in [0.1, 0.15) is 53.2 Å². The Morgan fingerprint density at radius 2 is 1.62 bits per heavy atom.